The summed E-state index contributed by atoms with van der Waals surface area (Å²) in [6, 6.07) is 7.90. The van der Waals surface area contributed by atoms with Gasteiger partial charge in [0.2, 0.25) is 0 Å². The van der Waals surface area contributed by atoms with Crippen LogP contribution in [0.25, 0.3) is 0 Å². The Morgan fingerprint density at radius 2 is 2.14 bits per heavy atom. The highest BCUT2D eigenvalue weighted by Crippen LogP contribution is 2.32. The van der Waals surface area contributed by atoms with Crippen molar-refractivity contribution < 1.29 is 9.84 Å². The van der Waals surface area contributed by atoms with Crippen molar-refractivity contribution in [1.82, 2.24) is 4.90 Å². The van der Waals surface area contributed by atoms with E-state index in [1.807, 2.05) is 31.2 Å². The Labute approximate surface area is 131 Å². The maximum Gasteiger partial charge on any atom is 0.0936 e. The molecule has 1 fully saturated rings. The van der Waals surface area contributed by atoms with Crippen molar-refractivity contribution in [3.8, 4) is 0 Å². The maximum atomic E-state index is 9.42. The molecule has 1 aliphatic heterocycles. The van der Waals surface area contributed by atoms with E-state index in [4.69, 9.17) is 22.1 Å². The quantitative estimate of drug-likeness (QED) is 0.875. The second-order valence-electron chi connectivity index (χ2n) is 5.74. The second-order valence-corrected chi connectivity index (χ2v) is 6.15. The van der Waals surface area contributed by atoms with Crippen LogP contribution in [-0.4, -0.2) is 48.0 Å². The Bertz CT molecular complexity index is 458. The van der Waals surface area contributed by atoms with E-state index in [2.05, 4.69) is 11.8 Å². The van der Waals surface area contributed by atoms with Crippen LogP contribution in [0.3, 0.4) is 0 Å². The lowest BCUT2D eigenvalue weighted by Crippen LogP contribution is -2.52. The van der Waals surface area contributed by atoms with Gasteiger partial charge in [0.05, 0.1) is 24.9 Å². The van der Waals surface area contributed by atoms with Crippen LogP contribution in [0.4, 0.5) is 0 Å². The summed E-state index contributed by atoms with van der Waals surface area (Å²) in [7, 11) is 0. The van der Waals surface area contributed by atoms with E-state index in [0.29, 0.717) is 6.54 Å². The summed E-state index contributed by atoms with van der Waals surface area (Å²) in [6.45, 7) is 5.60. The molecular formula is C16H25ClN2O2. The molecule has 0 spiro atoms. The van der Waals surface area contributed by atoms with Crippen molar-refractivity contribution in [2.75, 3.05) is 19.7 Å². The molecule has 4 atom stereocenters. The van der Waals surface area contributed by atoms with E-state index < -0.39 is 0 Å². The number of halogens is 1. The van der Waals surface area contributed by atoms with Gasteiger partial charge in [-0.2, -0.15) is 0 Å². The van der Waals surface area contributed by atoms with Crippen molar-refractivity contribution in [3.05, 3.63) is 34.9 Å². The van der Waals surface area contributed by atoms with Gasteiger partial charge in [0.25, 0.3) is 0 Å². The molecule has 2 rings (SSSR count). The minimum Gasteiger partial charge on any atom is -0.394 e. The predicted octanol–water partition coefficient (Wildman–Crippen LogP) is 2.20. The minimum absolute atomic E-state index is 0.00505. The molecule has 4 unspecified atom stereocenters. The number of hydrogen-bond acceptors (Lipinski definition) is 4. The first-order valence-corrected chi connectivity index (χ1v) is 7.95. The van der Waals surface area contributed by atoms with Crippen molar-refractivity contribution in [3.63, 3.8) is 0 Å². The monoisotopic (exact) mass is 312 g/mol. The summed E-state index contributed by atoms with van der Waals surface area (Å²) in [6.07, 6.45) is 0.776. The van der Waals surface area contributed by atoms with Gasteiger partial charge in [-0.05, 0) is 25.0 Å². The Morgan fingerprint density at radius 1 is 1.43 bits per heavy atom. The fraction of sp³-hybridized carbons (Fsp3) is 0.625. The minimum atomic E-state index is -0.164. The zero-order chi connectivity index (χ0) is 15.4. The zero-order valence-electron chi connectivity index (χ0n) is 12.7. The molecule has 0 bridgehead atoms. The first-order chi connectivity index (χ1) is 10.1. The summed E-state index contributed by atoms with van der Waals surface area (Å²) < 4.78 is 5.73. The van der Waals surface area contributed by atoms with Crippen LogP contribution in [-0.2, 0) is 4.74 Å². The van der Waals surface area contributed by atoms with Crippen LogP contribution >= 0.6 is 11.6 Å². The van der Waals surface area contributed by atoms with E-state index in [-0.39, 0.29) is 30.9 Å². The largest absolute Gasteiger partial charge is 0.394 e. The van der Waals surface area contributed by atoms with Gasteiger partial charge in [-0.1, -0.05) is 36.7 Å². The van der Waals surface area contributed by atoms with E-state index in [1.54, 1.807) is 0 Å². The van der Waals surface area contributed by atoms with Crippen molar-refractivity contribution in [1.29, 1.82) is 0 Å². The first kappa shape index (κ1) is 16.7. The lowest BCUT2D eigenvalue weighted by molar-refractivity contribution is -0.108. The maximum absolute atomic E-state index is 9.42. The third kappa shape index (κ3) is 3.96. The highest BCUT2D eigenvalue weighted by atomic mass is 35.5. The molecule has 0 saturated carbocycles. The molecule has 0 aromatic heterocycles. The molecule has 1 aliphatic rings. The van der Waals surface area contributed by atoms with Gasteiger partial charge in [-0.3, -0.25) is 4.90 Å². The first-order valence-electron chi connectivity index (χ1n) is 7.57. The topological polar surface area (TPSA) is 58.7 Å². The molecule has 3 N–H and O–H groups in total. The summed E-state index contributed by atoms with van der Waals surface area (Å²) in [5, 5.41) is 10.2. The van der Waals surface area contributed by atoms with Crippen LogP contribution in [0, 0.1) is 0 Å². The van der Waals surface area contributed by atoms with E-state index >= 15 is 0 Å². The Balaban J connectivity index is 2.30. The lowest BCUT2D eigenvalue weighted by Gasteiger charge is -2.43. The summed E-state index contributed by atoms with van der Waals surface area (Å²) in [5.74, 6) is 0. The standard InChI is InChI=1S/C16H25ClN2O2/c1-3-15(18)16(13-6-4-5-7-14(13)17)19-8-11(2)21-12(9-19)10-20/h4-7,11-12,15-16,20H,3,8-10,18H2,1-2H3. The zero-order valence-corrected chi connectivity index (χ0v) is 13.5. The molecule has 5 heteroatoms. The third-order valence-corrected chi connectivity index (χ3v) is 4.40. The molecule has 1 aromatic rings. The molecule has 0 radical (unpaired) electrons. The number of aliphatic hydroxyl groups is 1. The van der Waals surface area contributed by atoms with Gasteiger partial charge in [0.1, 0.15) is 0 Å². The Kier molecular flexibility index (Phi) is 6.02. The predicted molar refractivity (Wildman–Crippen MR) is 85.5 cm³/mol. The van der Waals surface area contributed by atoms with Gasteiger partial charge < -0.3 is 15.6 Å². The lowest BCUT2D eigenvalue weighted by atomic mass is 9.95. The third-order valence-electron chi connectivity index (χ3n) is 4.05. The smallest absolute Gasteiger partial charge is 0.0936 e. The molecule has 0 aliphatic carbocycles. The van der Waals surface area contributed by atoms with E-state index in [0.717, 1.165) is 23.6 Å². The number of rotatable bonds is 5. The number of hydrogen-bond donors (Lipinski definition) is 2. The van der Waals surface area contributed by atoms with Gasteiger partial charge in [0.15, 0.2) is 0 Å². The molecule has 4 nitrogen and oxygen atoms in total. The molecule has 1 saturated heterocycles. The van der Waals surface area contributed by atoms with Crippen molar-refractivity contribution >= 4 is 11.6 Å². The average Bonchev–Trinajstić information content (AvgIpc) is 2.48. The van der Waals surface area contributed by atoms with Crippen LogP contribution < -0.4 is 5.73 Å². The van der Waals surface area contributed by atoms with Gasteiger partial charge in [0, 0.05) is 24.2 Å². The van der Waals surface area contributed by atoms with E-state index in [1.165, 1.54) is 0 Å². The fourth-order valence-corrected chi connectivity index (χ4v) is 3.29. The number of nitrogens with two attached hydrogens (primary N) is 1. The van der Waals surface area contributed by atoms with Crippen LogP contribution in [0.15, 0.2) is 24.3 Å². The van der Waals surface area contributed by atoms with Crippen LogP contribution in [0.1, 0.15) is 31.9 Å². The molecule has 21 heavy (non-hydrogen) atoms. The van der Waals surface area contributed by atoms with Crippen LogP contribution in [0.2, 0.25) is 5.02 Å². The Morgan fingerprint density at radius 3 is 2.76 bits per heavy atom. The molecule has 1 heterocycles. The van der Waals surface area contributed by atoms with Gasteiger partial charge in [-0.15, -0.1) is 0 Å². The molecular weight excluding hydrogens is 288 g/mol. The number of nitrogens with zero attached hydrogens (tertiary/aromatic N) is 1. The normalized spacial score (nSPS) is 26.5. The summed E-state index contributed by atoms with van der Waals surface area (Å²) in [4.78, 5) is 2.30. The summed E-state index contributed by atoms with van der Waals surface area (Å²) >= 11 is 6.38. The van der Waals surface area contributed by atoms with Crippen molar-refractivity contribution in [2.45, 2.75) is 44.6 Å². The Hall–Kier alpha value is -0.650. The number of ether oxygens (including phenoxy) is 1. The molecule has 1 aromatic carbocycles. The second kappa shape index (κ2) is 7.56. The highest BCUT2D eigenvalue weighted by Gasteiger charge is 2.33. The molecule has 118 valence electrons. The average molecular weight is 313 g/mol. The van der Waals surface area contributed by atoms with Crippen molar-refractivity contribution in [2.24, 2.45) is 5.73 Å². The van der Waals surface area contributed by atoms with Gasteiger partial charge in [-0.25, -0.2) is 0 Å². The van der Waals surface area contributed by atoms with Gasteiger partial charge >= 0.3 is 0 Å². The summed E-state index contributed by atoms with van der Waals surface area (Å²) in [5.41, 5.74) is 7.43. The molecule has 0 amide bonds. The SMILES string of the molecule is CCC(N)C(c1ccccc1Cl)N1CC(C)OC(CO)C1. The number of aliphatic hydroxyl groups excluding tert-OH is 1. The van der Waals surface area contributed by atoms with E-state index in [9.17, 15) is 5.11 Å². The van der Waals surface area contributed by atoms with Crippen LogP contribution in [0.5, 0.6) is 0 Å². The fourth-order valence-electron chi connectivity index (χ4n) is 3.05. The number of morpholine rings is 1. The highest BCUT2D eigenvalue weighted by molar-refractivity contribution is 6.31. The number of benzene rings is 1.